The third-order valence-corrected chi connectivity index (χ3v) is 2.33. The van der Waals surface area contributed by atoms with E-state index in [1.54, 1.807) is 6.07 Å². The maximum Gasteiger partial charge on any atom is 0.150 e. The molecule has 0 bridgehead atoms. The van der Waals surface area contributed by atoms with E-state index in [0.717, 1.165) is 25.1 Å². The van der Waals surface area contributed by atoms with Gasteiger partial charge < -0.3 is 4.90 Å². The number of carbonyl (C=O) groups is 1. The summed E-state index contributed by atoms with van der Waals surface area (Å²) in [5.74, 6) is -0.363. The van der Waals surface area contributed by atoms with E-state index in [2.05, 4.69) is 6.92 Å². The second-order valence-corrected chi connectivity index (χ2v) is 3.64. The molecule has 0 aromatic heterocycles. The molecule has 0 saturated carbocycles. The molecule has 0 radical (unpaired) electrons. The zero-order valence-corrected chi connectivity index (χ0v) is 9.16. The molecule has 0 aliphatic rings. The van der Waals surface area contributed by atoms with Crippen LogP contribution in [0.25, 0.3) is 0 Å². The van der Waals surface area contributed by atoms with Gasteiger partial charge in [-0.2, -0.15) is 0 Å². The molecule has 0 heterocycles. The van der Waals surface area contributed by atoms with Gasteiger partial charge in [0.25, 0.3) is 0 Å². The zero-order valence-electron chi connectivity index (χ0n) is 9.16. The highest BCUT2D eigenvalue weighted by atomic mass is 19.1. The fourth-order valence-electron chi connectivity index (χ4n) is 1.41. The van der Waals surface area contributed by atoms with Crippen LogP contribution in [0, 0.1) is 5.82 Å². The van der Waals surface area contributed by atoms with Crippen LogP contribution in [0.3, 0.4) is 0 Å². The first kappa shape index (κ1) is 11.7. The molecule has 82 valence electrons. The van der Waals surface area contributed by atoms with E-state index in [0.29, 0.717) is 11.8 Å². The number of hydrogen-bond acceptors (Lipinski definition) is 2. The van der Waals surface area contributed by atoms with Gasteiger partial charge in [0.1, 0.15) is 12.1 Å². The second kappa shape index (κ2) is 5.49. The van der Waals surface area contributed by atoms with Crippen molar-refractivity contribution < 1.29 is 9.18 Å². The number of anilines is 1. The van der Waals surface area contributed by atoms with Crippen LogP contribution in [0.15, 0.2) is 18.2 Å². The molecule has 3 heteroatoms. The summed E-state index contributed by atoms with van der Waals surface area (Å²) in [7, 11) is 1.90. The summed E-state index contributed by atoms with van der Waals surface area (Å²) in [4.78, 5) is 12.5. The lowest BCUT2D eigenvalue weighted by molar-refractivity contribution is 0.112. The van der Waals surface area contributed by atoms with Gasteiger partial charge in [0.05, 0.1) is 0 Å². The smallest absolute Gasteiger partial charge is 0.150 e. The number of carbonyl (C=O) groups excluding carboxylic acids is 1. The highest BCUT2D eigenvalue weighted by Gasteiger charge is 2.04. The van der Waals surface area contributed by atoms with Crippen molar-refractivity contribution in [1.82, 2.24) is 0 Å². The monoisotopic (exact) mass is 209 g/mol. The molecule has 2 nitrogen and oxygen atoms in total. The van der Waals surface area contributed by atoms with Crippen LogP contribution in [-0.2, 0) is 0 Å². The molecule has 0 saturated heterocycles. The average Bonchev–Trinajstić information content (AvgIpc) is 2.24. The first-order valence-corrected chi connectivity index (χ1v) is 5.14. The first-order chi connectivity index (χ1) is 7.17. The molecule has 0 spiro atoms. The SMILES string of the molecule is CCCCN(C)c1cc(F)cc(C=O)c1. The highest BCUT2D eigenvalue weighted by Crippen LogP contribution is 2.17. The van der Waals surface area contributed by atoms with Crippen LogP contribution in [0.1, 0.15) is 30.1 Å². The molecule has 0 fully saturated rings. The minimum Gasteiger partial charge on any atom is -0.374 e. The van der Waals surface area contributed by atoms with Crippen LogP contribution >= 0.6 is 0 Å². The molecule has 0 atom stereocenters. The topological polar surface area (TPSA) is 20.3 Å². The summed E-state index contributed by atoms with van der Waals surface area (Å²) in [5.41, 5.74) is 1.14. The Hall–Kier alpha value is -1.38. The van der Waals surface area contributed by atoms with Gasteiger partial charge in [-0.25, -0.2) is 4.39 Å². The third kappa shape index (κ3) is 3.35. The molecular weight excluding hydrogens is 193 g/mol. The average molecular weight is 209 g/mol. The second-order valence-electron chi connectivity index (χ2n) is 3.64. The van der Waals surface area contributed by atoms with Crippen molar-refractivity contribution in [3.05, 3.63) is 29.6 Å². The van der Waals surface area contributed by atoms with E-state index < -0.39 is 0 Å². The van der Waals surface area contributed by atoms with Gasteiger partial charge in [-0.1, -0.05) is 13.3 Å². The molecule has 1 rings (SSSR count). The number of nitrogens with zero attached hydrogens (tertiary/aromatic N) is 1. The van der Waals surface area contributed by atoms with Crippen molar-refractivity contribution in [2.45, 2.75) is 19.8 Å². The molecule has 0 aliphatic carbocycles. The number of halogens is 1. The summed E-state index contributed by atoms with van der Waals surface area (Å²) in [5, 5.41) is 0. The van der Waals surface area contributed by atoms with E-state index in [9.17, 15) is 9.18 Å². The van der Waals surface area contributed by atoms with Gasteiger partial charge in [-0.05, 0) is 24.6 Å². The van der Waals surface area contributed by atoms with Crippen molar-refractivity contribution in [3.8, 4) is 0 Å². The van der Waals surface area contributed by atoms with E-state index in [1.807, 2.05) is 11.9 Å². The lowest BCUT2D eigenvalue weighted by atomic mass is 10.2. The van der Waals surface area contributed by atoms with E-state index in [-0.39, 0.29) is 5.82 Å². The van der Waals surface area contributed by atoms with Crippen LogP contribution in [0.2, 0.25) is 0 Å². The van der Waals surface area contributed by atoms with Gasteiger partial charge in [-0.15, -0.1) is 0 Å². The minimum atomic E-state index is -0.363. The van der Waals surface area contributed by atoms with E-state index in [4.69, 9.17) is 0 Å². The fraction of sp³-hybridized carbons (Fsp3) is 0.417. The Morgan fingerprint density at radius 3 is 2.73 bits per heavy atom. The van der Waals surface area contributed by atoms with Gasteiger partial charge in [0.2, 0.25) is 0 Å². The van der Waals surface area contributed by atoms with Gasteiger partial charge >= 0.3 is 0 Å². The Kier molecular flexibility index (Phi) is 4.28. The Morgan fingerprint density at radius 2 is 2.13 bits per heavy atom. The van der Waals surface area contributed by atoms with E-state index in [1.165, 1.54) is 12.1 Å². The number of hydrogen-bond donors (Lipinski definition) is 0. The van der Waals surface area contributed by atoms with Crippen molar-refractivity contribution in [1.29, 1.82) is 0 Å². The molecule has 0 N–H and O–H groups in total. The summed E-state index contributed by atoms with van der Waals surface area (Å²) in [6.07, 6.45) is 2.82. The summed E-state index contributed by atoms with van der Waals surface area (Å²) >= 11 is 0. The number of rotatable bonds is 5. The van der Waals surface area contributed by atoms with Crippen molar-refractivity contribution in [3.63, 3.8) is 0 Å². The fourth-order valence-corrected chi connectivity index (χ4v) is 1.41. The Labute approximate surface area is 89.7 Å². The van der Waals surface area contributed by atoms with E-state index >= 15 is 0 Å². The standard InChI is InChI=1S/C12H16FNO/c1-3-4-5-14(2)12-7-10(9-15)6-11(13)8-12/h6-9H,3-5H2,1-2H3. The van der Waals surface area contributed by atoms with Gasteiger partial charge in [0.15, 0.2) is 0 Å². The van der Waals surface area contributed by atoms with Crippen LogP contribution in [-0.4, -0.2) is 19.9 Å². The number of unbranched alkanes of at least 4 members (excludes halogenated alkanes) is 1. The van der Waals surface area contributed by atoms with Gasteiger partial charge in [-0.3, -0.25) is 4.79 Å². The summed E-state index contributed by atoms with van der Waals surface area (Å²) in [6, 6.07) is 4.39. The zero-order chi connectivity index (χ0) is 11.3. The van der Waals surface area contributed by atoms with Crippen molar-refractivity contribution in [2.75, 3.05) is 18.5 Å². The predicted octanol–water partition coefficient (Wildman–Crippen LogP) is 2.87. The lowest BCUT2D eigenvalue weighted by Crippen LogP contribution is -2.18. The number of benzene rings is 1. The van der Waals surface area contributed by atoms with Crippen LogP contribution in [0.4, 0.5) is 10.1 Å². The lowest BCUT2D eigenvalue weighted by Gasteiger charge is -2.19. The summed E-state index contributed by atoms with van der Waals surface area (Å²) in [6.45, 7) is 2.98. The molecule has 0 aliphatic heterocycles. The van der Waals surface area contributed by atoms with Crippen molar-refractivity contribution >= 4 is 12.0 Å². The molecule has 0 amide bonds. The normalized spacial score (nSPS) is 10.1. The molecule has 1 aromatic carbocycles. The quantitative estimate of drug-likeness (QED) is 0.695. The Morgan fingerprint density at radius 1 is 1.40 bits per heavy atom. The van der Waals surface area contributed by atoms with Gasteiger partial charge in [0, 0.05) is 24.8 Å². The molecular formula is C12H16FNO. The maximum absolute atomic E-state index is 13.1. The Bertz CT molecular complexity index is 338. The molecule has 0 unspecified atom stereocenters. The Balaban J connectivity index is 2.83. The van der Waals surface area contributed by atoms with Crippen LogP contribution in [0.5, 0.6) is 0 Å². The number of aldehydes is 1. The van der Waals surface area contributed by atoms with Crippen LogP contribution < -0.4 is 4.90 Å². The third-order valence-electron chi connectivity index (χ3n) is 2.33. The van der Waals surface area contributed by atoms with Crippen molar-refractivity contribution in [2.24, 2.45) is 0 Å². The highest BCUT2D eigenvalue weighted by molar-refractivity contribution is 5.77. The summed E-state index contributed by atoms with van der Waals surface area (Å²) < 4.78 is 13.1. The maximum atomic E-state index is 13.1. The molecule has 1 aromatic rings. The largest absolute Gasteiger partial charge is 0.374 e. The molecule has 15 heavy (non-hydrogen) atoms. The predicted molar refractivity (Wildman–Crippen MR) is 60.0 cm³/mol. The first-order valence-electron chi connectivity index (χ1n) is 5.14. The minimum absolute atomic E-state index is 0.363.